The predicted octanol–water partition coefficient (Wildman–Crippen LogP) is 3.00. The zero-order valence-electron chi connectivity index (χ0n) is 23.6. The maximum absolute atomic E-state index is 15.5. The Kier molecular flexibility index (Phi) is 8.78. The predicted molar refractivity (Wildman–Crippen MR) is 149 cm³/mol. The Bertz CT molecular complexity index is 1520. The third kappa shape index (κ3) is 5.70. The minimum Gasteiger partial charge on any atom is -0.481 e. The fourth-order valence-electron chi connectivity index (χ4n) is 5.39. The Balaban J connectivity index is 1.51. The molecule has 4 atom stereocenters. The van der Waals surface area contributed by atoms with E-state index in [1.54, 1.807) is 5.38 Å². The number of esters is 1. The molecule has 4 heterocycles. The molecule has 0 amide bonds. The number of thiazole rings is 1. The second kappa shape index (κ2) is 12.0. The van der Waals surface area contributed by atoms with Crippen LogP contribution in [0.5, 0.6) is 0 Å². The van der Waals surface area contributed by atoms with Gasteiger partial charge in [0.25, 0.3) is 5.92 Å². The summed E-state index contributed by atoms with van der Waals surface area (Å²) in [5.41, 5.74) is -1.77. The number of aliphatic carboxylic acids is 1. The summed E-state index contributed by atoms with van der Waals surface area (Å²) >= 11 is 7.36. The van der Waals surface area contributed by atoms with Gasteiger partial charge < -0.3 is 20.3 Å². The number of hydrogen-bond acceptors (Lipinski definition) is 11. The van der Waals surface area contributed by atoms with Crippen molar-refractivity contribution in [3.8, 4) is 0 Å². The molecule has 44 heavy (non-hydrogen) atoms. The molecule has 1 aromatic heterocycles. The first-order valence-corrected chi connectivity index (χ1v) is 14.6. The molecule has 0 bridgehead atoms. The van der Waals surface area contributed by atoms with Crippen LogP contribution in [0.25, 0.3) is 0 Å². The lowest BCUT2D eigenvalue weighted by atomic mass is 9.86. The number of alkyl halides is 2. The number of nitrogens with zero attached hydrogens (tertiary/aromatic N) is 4. The summed E-state index contributed by atoms with van der Waals surface area (Å²) in [6, 6.07) is -1.79. The van der Waals surface area contributed by atoms with Crippen LogP contribution in [-0.4, -0.2) is 100 Å². The van der Waals surface area contributed by atoms with Gasteiger partial charge in [-0.2, -0.15) is 5.06 Å². The number of hydroxylamine groups is 2. The highest BCUT2D eigenvalue weighted by Crippen LogP contribution is 2.43. The van der Waals surface area contributed by atoms with Crippen LogP contribution < -0.4 is 5.32 Å². The number of halogens is 5. The number of rotatable bonds is 9. The van der Waals surface area contributed by atoms with E-state index in [2.05, 4.69) is 15.3 Å². The minimum atomic E-state index is -3.37. The lowest BCUT2D eigenvalue weighted by molar-refractivity contribution is -0.202. The first-order valence-electron chi connectivity index (χ1n) is 13.3. The molecule has 11 nitrogen and oxygen atoms in total. The third-order valence-corrected chi connectivity index (χ3v) is 9.19. The highest BCUT2D eigenvalue weighted by Gasteiger charge is 2.61. The number of amidine groups is 1. The van der Waals surface area contributed by atoms with Crippen LogP contribution in [-0.2, 0) is 19.2 Å². The number of β-amino-alcohol motifs (C(OH)–C–C–N with tert-alkyl or cyclic N) is 1. The third-order valence-electron chi connectivity index (χ3n) is 8.03. The quantitative estimate of drug-likeness (QED) is 0.209. The standard InChI is InChI=1S/C27H28ClF4N5O6S/c1-26(2,25(40)41)16(38)9-37-21-15(10-43-37)36(11-27(21,31)32)8-14-17(24(39)42-3)20(12-4-5-13(29)19(30)18(12)28)35-22(34-14)23-33-6-7-44-23/h4-7,15-16,20-21,38H,8-11H2,1-3H3,(H,34,35)(H,40,41)/t15-,16-,20-,21+/m0/s1. The Morgan fingerprint density at radius 2 is 2.07 bits per heavy atom. The number of carbonyl (C=O) groups is 2. The van der Waals surface area contributed by atoms with Crippen LogP contribution in [0.1, 0.15) is 30.5 Å². The van der Waals surface area contributed by atoms with E-state index in [0.29, 0.717) is 5.01 Å². The average Bonchev–Trinajstić information content (AvgIpc) is 3.70. The summed E-state index contributed by atoms with van der Waals surface area (Å²) in [6.07, 6.45) is -0.0324. The van der Waals surface area contributed by atoms with Gasteiger partial charge in [-0.05, 0) is 19.9 Å². The molecular formula is C27H28ClF4N5O6S. The molecule has 0 radical (unpaired) electrons. The van der Waals surface area contributed by atoms with E-state index < -0.39 is 77.3 Å². The normalized spacial score (nSPS) is 24.6. The van der Waals surface area contributed by atoms with Gasteiger partial charge in [-0.3, -0.25) is 19.5 Å². The number of hydrogen-bond donors (Lipinski definition) is 3. The van der Waals surface area contributed by atoms with E-state index in [1.807, 2.05) is 0 Å². The molecule has 5 rings (SSSR count). The van der Waals surface area contributed by atoms with Gasteiger partial charge >= 0.3 is 11.9 Å². The van der Waals surface area contributed by atoms with Crippen molar-refractivity contribution in [2.45, 2.75) is 44.0 Å². The molecule has 3 N–H and O–H groups in total. The average molecular weight is 662 g/mol. The van der Waals surface area contributed by atoms with Crippen LogP contribution in [0.4, 0.5) is 17.6 Å². The summed E-state index contributed by atoms with van der Waals surface area (Å²) in [5, 5.41) is 25.3. The number of carbonyl (C=O) groups excluding carboxylic acids is 1. The fourth-order valence-corrected chi connectivity index (χ4v) is 6.24. The lowest BCUT2D eigenvalue weighted by Crippen LogP contribution is -2.51. The SMILES string of the molecule is COC(=O)C1=C(CN2CC(F)(F)[C@H]3[C@@H]2CON3C[C@H](O)C(C)(C)C(=O)O)NC(c2nccs2)=N[C@H]1c1ccc(F)c(F)c1Cl. The molecule has 1 aromatic carbocycles. The summed E-state index contributed by atoms with van der Waals surface area (Å²) < 4.78 is 64.6. The maximum atomic E-state index is 15.5. The maximum Gasteiger partial charge on any atom is 0.338 e. The highest BCUT2D eigenvalue weighted by atomic mass is 35.5. The van der Waals surface area contributed by atoms with Gasteiger partial charge in [0.05, 0.1) is 55.0 Å². The zero-order chi connectivity index (χ0) is 32.1. The molecule has 2 aromatic rings. The first kappa shape index (κ1) is 32.2. The van der Waals surface area contributed by atoms with E-state index in [0.717, 1.165) is 18.2 Å². The van der Waals surface area contributed by atoms with Crippen molar-refractivity contribution in [1.82, 2.24) is 20.3 Å². The van der Waals surface area contributed by atoms with Crippen LogP contribution >= 0.6 is 22.9 Å². The second-order valence-electron chi connectivity index (χ2n) is 11.1. The van der Waals surface area contributed by atoms with Crippen molar-refractivity contribution in [2.75, 3.05) is 33.4 Å². The molecule has 3 aliphatic heterocycles. The number of nitrogens with one attached hydrogen (secondary N) is 1. The van der Waals surface area contributed by atoms with E-state index in [-0.39, 0.29) is 35.8 Å². The lowest BCUT2D eigenvalue weighted by Gasteiger charge is -2.32. The fraction of sp³-hybridized carbons (Fsp3) is 0.481. The zero-order valence-corrected chi connectivity index (χ0v) is 25.1. The summed E-state index contributed by atoms with van der Waals surface area (Å²) in [7, 11) is 1.10. The van der Waals surface area contributed by atoms with Crippen LogP contribution in [0, 0.1) is 17.0 Å². The van der Waals surface area contributed by atoms with E-state index in [4.69, 9.17) is 21.2 Å². The highest BCUT2D eigenvalue weighted by molar-refractivity contribution is 7.11. The second-order valence-corrected chi connectivity index (χ2v) is 12.4. The van der Waals surface area contributed by atoms with E-state index in [1.165, 1.54) is 42.3 Å². The monoisotopic (exact) mass is 661 g/mol. The molecule has 0 unspecified atom stereocenters. The summed E-state index contributed by atoms with van der Waals surface area (Å²) in [4.78, 5) is 40.4. The number of methoxy groups -OCH3 is 1. The van der Waals surface area contributed by atoms with Gasteiger partial charge in [-0.15, -0.1) is 11.3 Å². The van der Waals surface area contributed by atoms with Gasteiger partial charge in [0.1, 0.15) is 12.1 Å². The number of carboxylic acid groups (broad SMARTS) is 1. The van der Waals surface area contributed by atoms with Gasteiger partial charge in [0.15, 0.2) is 22.5 Å². The molecule has 2 saturated heterocycles. The largest absolute Gasteiger partial charge is 0.481 e. The number of aliphatic imine (C=N–C) groups is 1. The van der Waals surface area contributed by atoms with Crippen molar-refractivity contribution >= 4 is 40.7 Å². The topological polar surface area (TPSA) is 137 Å². The first-order chi connectivity index (χ1) is 20.7. The van der Waals surface area contributed by atoms with Gasteiger partial charge in [0, 0.05) is 29.4 Å². The van der Waals surface area contributed by atoms with Crippen molar-refractivity contribution < 1.29 is 46.9 Å². The number of aliphatic hydroxyl groups excluding tert-OH is 1. The number of benzene rings is 1. The van der Waals surface area contributed by atoms with Crippen molar-refractivity contribution in [2.24, 2.45) is 10.4 Å². The van der Waals surface area contributed by atoms with Crippen LogP contribution in [0.3, 0.4) is 0 Å². The Morgan fingerprint density at radius 3 is 2.70 bits per heavy atom. The van der Waals surface area contributed by atoms with Crippen molar-refractivity contribution in [3.63, 3.8) is 0 Å². The Hall–Kier alpha value is -3.15. The molecule has 0 spiro atoms. The Morgan fingerprint density at radius 1 is 1.34 bits per heavy atom. The Labute approximate surface area is 257 Å². The van der Waals surface area contributed by atoms with Gasteiger partial charge in [-0.25, -0.2) is 27.3 Å². The van der Waals surface area contributed by atoms with E-state index >= 15 is 8.78 Å². The molecule has 0 aliphatic carbocycles. The van der Waals surface area contributed by atoms with Crippen LogP contribution in [0.15, 0.2) is 40.0 Å². The van der Waals surface area contributed by atoms with Crippen molar-refractivity contribution in [1.29, 1.82) is 0 Å². The molecule has 0 saturated carbocycles. The summed E-state index contributed by atoms with van der Waals surface area (Å²) in [5.74, 6) is -8.01. The number of carboxylic acids is 1. The minimum absolute atomic E-state index is 0.0611. The number of aliphatic hydroxyl groups is 1. The molecule has 3 aliphatic rings. The smallest absolute Gasteiger partial charge is 0.338 e. The molecule has 238 valence electrons. The van der Waals surface area contributed by atoms with Crippen molar-refractivity contribution in [3.05, 3.63) is 62.2 Å². The number of likely N-dealkylation sites (tertiary alicyclic amines) is 1. The molecule has 2 fully saturated rings. The molecule has 17 heteroatoms. The van der Waals surface area contributed by atoms with E-state index in [9.17, 15) is 28.6 Å². The van der Waals surface area contributed by atoms with Gasteiger partial charge in [-0.1, -0.05) is 17.7 Å². The number of aromatic nitrogens is 1. The number of ether oxygens (including phenoxy) is 1. The van der Waals surface area contributed by atoms with Gasteiger partial charge in [0.2, 0.25) is 0 Å². The molecular weight excluding hydrogens is 634 g/mol. The van der Waals surface area contributed by atoms with Crippen LogP contribution in [0.2, 0.25) is 5.02 Å². The summed E-state index contributed by atoms with van der Waals surface area (Å²) in [6.45, 7) is 0.784. The number of fused-ring (bicyclic) bond motifs is 1.